The standard InChI is InChI=1S/C39H47N5O6S/c1-25-10-14-32-27(17-25)8-6-16-39(32)23-44-21-29-11-13-31(29)34(48-3)9-5-7-26(2)22-51(47,43-37(46)30-19-40-38(49-4)41-20-30)42-36(45)28-12-15-35(50-24-39)33(44)18-28/h5,9-10,12,14-15,17-20,26,29,31,34H,6-8,11,13,16,21-24H2,1-4H3,(H,42,43,45,46,47)/b9-5+/t26-,29-,31+,34-,39-,51?/m0/s1. The van der Waals surface area contributed by atoms with Crippen molar-refractivity contribution in [2.75, 3.05) is 44.6 Å². The smallest absolute Gasteiger partial charge is 0.316 e. The molecule has 1 fully saturated rings. The molecule has 4 aliphatic rings. The fourth-order valence-electron chi connectivity index (χ4n) is 8.27. The first-order chi connectivity index (χ1) is 24.6. The highest BCUT2D eigenvalue weighted by molar-refractivity contribution is 7.92. The van der Waals surface area contributed by atoms with Crippen molar-refractivity contribution < 1.29 is 28.0 Å². The predicted octanol–water partition coefficient (Wildman–Crippen LogP) is 5.86. The van der Waals surface area contributed by atoms with Crippen LogP contribution in [0.1, 0.15) is 76.4 Å². The molecule has 7 rings (SSSR count). The van der Waals surface area contributed by atoms with Gasteiger partial charge in [0, 0.05) is 43.6 Å². The minimum absolute atomic E-state index is 0.0306. The summed E-state index contributed by atoms with van der Waals surface area (Å²) < 4.78 is 39.0. The Kier molecular flexibility index (Phi) is 9.91. The molecule has 51 heavy (non-hydrogen) atoms. The van der Waals surface area contributed by atoms with E-state index in [1.54, 1.807) is 13.2 Å². The Labute approximate surface area is 300 Å². The van der Waals surface area contributed by atoms with Gasteiger partial charge in [0.2, 0.25) is 0 Å². The number of methoxy groups -OCH3 is 2. The lowest BCUT2D eigenvalue weighted by Crippen LogP contribution is -2.49. The topological polar surface area (TPSA) is 132 Å². The zero-order valence-electron chi connectivity index (χ0n) is 29.8. The highest BCUT2D eigenvalue weighted by atomic mass is 32.2. The molecule has 2 aliphatic carbocycles. The van der Waals surface area contributed by atoms with Crippen LogP contribution in [-0.2, 0) is 26.5 Å². The van der Waals surface area contributed by atoms with Crippen molar-refractivity contribution in [1.29, 1.82) is 0 Å². The molecule has 1 spiro atoms. The van der Waals surface area contributed by atoms with E-state index in [-0.39, 0.29) is 40.3 Å². The molecule has 270 valence electrons. The number of ether oxygens (including phenoxy) is 3. The summed E-state index contributed by atoms with van der Waals surface area (Å²) in [6.45, 7) is 6.15. The minimum atomic E-state index is -3.58. The monoisotopic (exact) mass is 713 g/mol. The largest absolute Gasteiger partial charge is 0.490 e. The number of carbonyl (C=O) groups excluding carboxylic acids is 2. The summed E-state index contributed by atoms with van der Waals surface area (Å²) in [5.74, 6) is -0.108. The number of aryl methyl sites for hydroxylation is 2. The number of hydrogen-bond donors (Lipinski definition) is 1. The van der Waals surface area contributed by atoms with Gasteiger partial charge in [0.25, 0.3) is 11.8 Å². The molecule has 2 bridgehead atoms. The second kappa shape index (κ2) is 14.4. The molecule has 2 aromatic carbocycles. The highest BCUT2D eigenvalue weighted by Crippen LogP contribution is 2.47. The third kappa shape index (κ3) is 7.26. The first kappa shape index (κ1) is 35.1. The van der Waals surface area contributed by atoms with Gasteiger partial charge in [0.05, 0.1) is 36.8 Å². The second-order valence-electron chi connectivity index (χ2n) is 14.7. The maximum Gasteiger partial charge on any atom is 0.316 e. The maximum absolute atomic E-state index is 14.5. The number of nitrogens with one attached hydrogen (secondary N) is 1. The van der Waals surface area contributed by atoms with Gasteiger partial charge >= 0.3 is 6.01 Å². The van der Waals surface area contributed by atoms with Crippen molar-refractivity contribution in [3.63, 3.8) is 0 Å². The van der Waals surface area contributed by atoms with Crippen LogP contribution in [0.2, 0.25) is 0 Å². The molecule has 3 aromatic rings. The molecule has 0 radical (unpaired) electrons. The Hall–Kier alpha value is -4.29. The van der Waals surface area contributed by atoms with Crippen LogP contribution in [0.25, 0.3) is 0 Å². The molecule has 11 nitrogen and oxygen atoms in total. The van der Waals surface area contributed by atoms with Crippen molar-refractivity contribution in [3.8, 4) is 11.8 Å². The van der Waals surface area contributed by atoms with E-state index in [1.165, 1.54) is 36.2 Å². The van der Waals surface area contributed by atoms with E-state index < -0.39 is 21.7 Å². The molecule has 6 atom stereocenters. The molecule has 3 heterocycles. The van der Waals surface area contributed by atoms with Crippen molar-refractivity contribution in [1.82, 2.24) is 14.7 Å². The number of aromatic nitrogens is 2. The molecule has 1 saturated carbocycles. The Morgan fingerprint density at radius 2 is 1.94 bits per heavy atom. The van der Waals surface area contributed by atoms with Gasteiger partial charge in [-0.1, -0.05) is 42.8 Å². The number of nitrogens with zero attached hydrogens (tertiary/aromatic N) is 4. The lowest BCUT2D eigenvalue weighted by Gasteiger charge is -2.46. The summed E-state index contributed by atoms with van der Waals surface area (Å²) in [5, 5.41) is 0. The normalized spacial score (nSPS) is 29.6. The first-order valence-electron chi connectivity index (χ1n) is 17.9. The van der Waals surface area contributed by atoms with E-state index in [4.69, 9.17) is 14.2 Å². The highest BCUT2D eigenvalue weighted by Gasteiger charge is 2.44. The lowest BCUT2D eigenvalue weighted by atomic mass is 9.68. The maximum atomic E-state index is 14.5. The van der Waals surface area contributed by atoms with E-state index >= 15 is 0 Å². The molecule has 1 unspecified atom stereocenters. The molecular formula is C39H47N5O6S. The zero-order valence-corrected chi connectivity index (χ0v) is 30.6. The molecule has 2 amide bonds. The van der Waals surface area contributed by atoms with Crippen molar-refractivity contribution in [2.45, 2.75) is 63.9 Å². The first-order valence-corrected chi connectivity index (χ1v) is 19.6. The van der Waals surface area contributed by atoms with E-state index in [9.17, 15) is 13.8 Å². The summed E-state index contributed by atoms with van der Waals surface area (Å²) in [4.78, 5) is 37.7. The third-order valence-corrected chi connectivity index (χ3v) is 13.0. The summed E-state index contributed by atoms with van der Waals surface area (Å²) in [6, 6.07) is 12.2. The number of anilines is 1. The lowest BCUT2D eigenvalue weighted by molar-refractivity contribution is 0.0131. The summed E-state index contributed by atoms with van der Waals surface area (Å²) in [7, 11) is -0.391. The number of rotatable bonds is 4. The minimum Gasteiger partial charge on any atom is -0.490 e. The van der Waals surface area contributed by atoms with Gasteiger partial charge in [-0.15, -0.1) is 4.36 Å². The number of amides is 2. The molecule has 12 heteroatoms. The van der Waals surface area contributed by atoms with Gasteiger partial charge < -0.3 is 19.1 Å². The molecule has 2 aliphatic heterocycles. The van der Waals surface area contributed by atoms with Gasteiger partial charge in [-0.25, -0.2) is 14.2 Å². The average molecular weight is 714 g/mol. The van der Waals surface area contributed by atoms with E-state index in [1.807, 2.05) is 19.1 Å². The summed E-state index contributed by atoms with van der Waals surface area (Å²) >= 11 is 0. The van der Waals surface area contributed by atoms with Crippen LogP contribution >= 0.6 is 0 Å². The van der Waals surface area contributed by atoms with Crippen LogP contribution in [0.4, 0.5) is 5.69 Å². The Morgan fingerprint density at radius 3 is 2.69 bits per heavy atom. The summed E-state index contributed by atoms with van der Waals surface area (Å²) in [5.41, 5.74) is 4.97. The Bertz CT molecular complexity index is 1960. The number of carbonyl (C=O) groups is 2. The number of fused-ring (bicyclic) bond motifs is 4. The number of benzene rings is 2. The van der Waals surface area contributed by atoms with Gasteiger partial charge in [0.15, 0.2) is 0 Å². The van der Waals surface area contributed by atoms with Gasteiger partial charge in [0.1, 0.15) is 15.7 Å². The predicted molar refractivity (Wildman–Crippen MR) is 196 cm³/mol. The Morgan fingerprint density at radius 1 is 1.12 bits per heavy atom. The van der Waals surface area contributed by atoms with Crippen LogP contribution in [0.5, 0.6) is 11.8 Å². The van der Waals surface area contributed by atoms with Crippen LogP contribution in [0.15, 0.2) is 65.3 Å². The van der Waals surface area contributed by atoms with Crippen LogP contribution in [-0.4, -0.2) is 71.8 Å². The summed E-state index contributed by atoms with van der Waals surface area (Å²) in [6.07, 6.45) is 12.6. The fraction of sp³-hybridized carbons (Fsp3) is 0.487. The van der Waals surface area contributed by atoms with Crippen molar-refractivity contribution in [2.24, 2.45) is 22.1 Å². The van der Waals surface area contributed by atoms with Crippen LogP contribution < -0.4 is 19.1 Å². The van der Waals surface area contributed by atoms with Gasteiger partial charge in [-0.2, -0.15) is 0 Å². The van der Waals surface area contributed by atoms with E-state index in [0.29, 0.717) is 30.6 Å². The SMILES string of the molecule is COc1ncc(C(=O)NS2(=O)=NC(=O)c3ccc4c(c3)N(C[C@@H]3CC[C@H]3[C@@H](OC)/C=C/C[C@H](C)C2)C[C@@]2(CCCc3cc(C)ccc32)CO4)cn1. The average Bonchev–Trinajstić information content (AvgIpc) is 3.25. The van der Waals surface area contributed by atoms with Crippen molar-refractivity contribution in [3.05, 3.63) is 88.8 Å². The van der Waals surface area contributed by atoms with Crippen molar-refractivity contribution >= 4 is 27.4 Å². The van der Waals surface area contributed by atoms with Crippen LogP contribution in [0.3, 0.4) is 0 Å². The third-order valence-electron chi connectivity index (χ3n) is 11.0. The number of allylic oxidation sites excluding steroid dienone is 1. The quantitative estimate of drug-likeness (QED) is 0.331. The molecular weight excluding hydrogens is 667 g/mol. The van der Waals surface area contributed by atoms with E-state index in [0.717, 1.165) is 50.9 Å². The van der Waals surface area contributed by atoms with E-state index in [2.05, 4.69) is 61.2 Å². The number of hydrogen-bond acceptors (Lipinski definition) is 9. The molecule has 1 aromatic heterocycles. The zero-order chi connectivity index (χ0) is 35.8. The molecule has 1 N–H and O–H groups in total. The second-order valence-corrected chi connectivity index (χ2v) is 16.7. The fourth-order valence-corrected chi connectivity index (χ4v) is 10.2. The molecule has 0 saturated heterocycles. The Balaban J connectivity index is 1.29. The van der Waals surface area contributed by atoms with Gasteiger partial charge in [-0.3, -0.25) is 14.3 Å². The van der Waals surface area contributed by atoms with Gasteiger partial charge in [-0.05, 0) is 92.5 Å². The van der Waals surface area contributed by atoms with Crippen LogP contribution in [0, 0.1) is 24.7 Å².